The van der Waals surface area contributed by atoms with Crippen molar-refractivity contribution in [2.24, 2.45) is 0 Å². The van der Waals surface area contributed by atoms with E-state index in [4.69, 9.17) is 11.6 Å². The van der Waals surface area contributed by atoms with Crippen LogP contribution in [0.1, 0.15) is 5.69 Å². The van der Waals surface area contributed by atoms with Crippen LogP contribution in [0, 0.1) is 0 Å². The Labute approximate surface area is 175 Å². The fraction of sp³-hybridized carbons (Fsp3) is 0.0435. The molecule has 0 spiro atoms. The summed E-state index contributed by atoms with van der Waals surface area (Å²) >= 11 is 6.07. The van der Waals surface area contributed by atoms with Crippen LogP contribution in [0.5, 0.6) is 0 Å². The van der Waals surface area contributed by atoms with Crippen molar-refractivity contribution in [3.8, 4) is 5.69 Å². The van der Waals surface area contributed by atoms with Crippen LogP contribution in [0.15, 0.2) is 88.8 Å². The zero-order valence-electron chi connectivity index (χ0n) is 15.7. The predicted octanol–water partition coefficient (Wildman–Crippen LogP) is 3.80. The Balaban J connectivity index is 1.70. The minimum Gasteiger partial charge on any atom is -0.309 e. The fourth-order valence-corrected chi connectivity index (χ4v) is 3.67. The largest absolute Gasteiger partial charge is 0.309 e. The van der Waals surface area contributed by atoms with Crippen LogP contribution >= 0.6 is 11.6 Å². The molecule has 0 unspecified atom stereocenters. The van der Waals surface area contributed by atoms with E-state index in [-0.39, 0.29) is 11.1 Å². The lowest BCUT2D eigenvalue weighted by atomic mass is 10.2. The molecule has 0 bridgehead atoms. The van der Waals surface area contributed by atoms with E-state index in [0.29, 0.717) is 39.1 Å². The highest BCUT2D eigenvalue weighted by Gasteiger charge is 2.11. The third-order valence-corrected chi connectivity index (χ3v) is 5.20. The summed E-state index contributed by atoms with van der Waals surface area (Å²) < 4.78 is 3.06. The van der Waals surface area contributed by atoms with Crippen molar-refractivity contribution >= 4 is 33.4 Å². The molecule has 0 saturated heterocycles. The van der Waals surface area contributed by atoms with Crippen LogP contribution in [0.4, 0.5) is 0 Å². The maximum Gasteiger partial charge on any atom is 0.264 e. The van der Waals surface area contributed by atoms with E-state index in [1.165, 1.54) is 4.57 Å². The SMILES string of the molecule is O=c1c2cc3c(=O)n(-c4cccc(Cl)c4)ccc3nc2ccn1Cc1ccccn1. The summed E-state index contributed by atoms with van der Waals surface area (Å²) in [5.41, 5.74) is 2.03. The number of aromatic nitrogens is 4. The number of pyridine rings is 4. The molecule has 0 aliphatic heterocycles. The number of hydrogen-bond acceptors (Lipinski definition) is 4. The Morgan fingerprint density at radius 2 is 1.63 bits per heavy atom. The minimum atomic E-state index is -0.260. The van der Waals surface area contributed by atoms with Gasteiger partial charge in [-0.25, -0.2) is 4.98 Å². The normalized spacial score (nSPS) is 11.2. The highest BCUT2D eigenvalue weighted by molar-refractivity contribution is 6.30. The van der Waals surface area contributed by atoms with Crippen molar-refractivity contribution in [1.29, 1.82) is 0 Å². The van der Waals surface area contributed by atoms with E-state index >= 15 is 0 Å². The van der Waals surface area contributed by atoms with Gasteiger partial charge < -0.3 is 4.57 Å². The van der Waals surface area contributed by atoms with Gasteiger partial charge in [0, 0.05) is 23.6 Å². The quantitative estimate of drug-likeness (QED) is 0.421. The topological polar surface area (TPSA) is 69.8 Å². The van der Waals surface area contributed by atoms with E-state index in [9.17, 15) is 9.59 Å². The minimum absolute atomic E-state index is 0.217. The summed E-state index contributed by atoms with van der Waals surface area (Å²) in [5.74, 6) is 0. The summed E-state index contributed by atoms with van der Waals surface area (Å²) in [6.45, 7) is 0.342. The Kier molecular flexibility index (Phi) is 4.41. The molecule has 0 fully saturated rings. The second kappa shape index (κ2) is 7.24. The van der Waals surface area contributed by atoms with E-state index in [2.05, 4.69) is 9.97 Å². The molecule has 7 heteroatoms. The van der Waals surface area contributed by atoms with Crippen molar-refractivity contribution in [3.63, 3.8) is 0 Å². The summed E-state index contributed by atoms with van der Waals surface area (Å²) in [6.07, 6.45) is 5.05. The molecule has 6 nitrogen and oxygen atoms in total. The molecule has 0 aliphatic carbocycles. The van der Waals surface area contributed by atoms with Crippen molar-refractivity contribution in [1.82, 2.24) is 19.1 Å². The molecule has 146 valence electrons. The van der Waals surface area contributed by atoms with Crippen LogP contribution in [-0.4, -0.2) is 19.1 Å². The van der Waals surface area contributed by atoms with Crippen LogP contribution in [0.25, 0.3) is 27.5 Å². The number of halogens is 1. The van der Waals surface area contributed by atoms with Crippen LogP contribution in [0.3, 0.4) is 0 Å². The molecule has 0 atom stereocenters. The molecular formula is C23H15ClN4O2. The maximum atomic E-state index is 13.1. The maximum absolute atomic E-state index is 13.1. The number of nitrogens with zero attached hydrogens (tertiary/aromatic N) is 4. The first-order chi connectivity index (χ1) is 14.6. The second-order valence-corrected chi connectivity index (χ2v) is 7.33. The molecule has 0 saturated carbocycles. The first kappa shape index (κ1) is 18.3. The van der Waals surface area contributed by atoms with Gasteiger partial charge in [-0.1, -0.05) is 23.7 Å². The lowest BCUT2D eigenvalue weighted by Gasteiger charge is -2.10. The van der Waals surface area contributed by atoms with Crippen LogP contribution in [-0.2, 0) is 6.54 Å². The van der Waals surface area contributed by atoms with E-state index < -0.39 is 0 Å². The standard InChI is InChI=1S/C23H15ClN4O2/c24-15-4-3-6-17(12-15)28-11-8-21-19(23(28)30)13-18-20(26-21)7-10-27(22(18)29)14-16-5-1-2-9-25-16/h1-13H,14H2. The van der Waals surface area contributed by atoms with Gasteiger partial charge in [-0.3, -0.25) is 19.1 Å². The lowest BCUT2D eigenvalue weighted by molar-refractivity contribution is 0.746. The monoisotopic (exact) mass is 414 g/mol. The fourth-order valence-electron chi connectivity index (χ4n) is 3.48. The van der Waals surface area contributed by atoms with Crippen molar-refractivity contribution < 1.29 is 0 Å². The molecule has 30 heavy (non-hydrogen) atoms. The van der Waals surface area contributed by atoms with E-state index in [1.807, 2.05) is 18.2 Å². The van der Waals surface area contributed by atoms with Gasteiger partial charge in [0.05, 0.1) is 39.7 Å². The van der Waals surface area contributed by atoms with Gasteiger partial charge in [-0.05, 0) is 48.5 Å². The molecule has 5 aromatic rings. The van der Waals surface area contributed by atoms with Gasteiger partial charge in [0.25, 0.3) is 11.1 Å². The van der Waals surface area contributed by atoms with Gasteiger partial charge in [0.15, 0.2) is 0 Å². The third-order valence-electron chi connectivity index (χ3n) is 4.96. The molecule has 1 aromatic carbocycles. The molecule has 4 aromatic heterocycles. The molecular weight excluding hydrogens is 400 g/mol. The average molecular weight is 415 g/mol. The number of hydrogen-bond donors (Lipinski definition) is 0. The van der Waals surface area contributed by atoms with Gasteiger partial charge in [0.1, 0.15) is 0 Å². The Morgan fingerprint density at radius 1 is 0.833 bits per heavy atom. The Bertz CT molecular complexity index is 1520. The van der Waals surface area contributed by atoms with E-state index in [0.717, 1.165) is 5.69 Å². The molecule has 0 radical (unpaired) electrons. The molecule has 0 amide bonds. The third kappa shape index (κ3) is 3.17. The number of rotatable bonds is 3. The molecule has 5 rings (SSSR count). The van der Waals surface area contributed by atoms with Crippen molar-refractivity contribution in [3.05, 3.63) is 111 Å². The van der Waals surface area contributed by atoms with Gasteiger partial charge in [0.2, 0.25) is 0 Å². The average Bonchev–Trinajstić information content (AvgIpc) is 2.76. The number of benzene rings is 1. The van der Waals surface area contributed by atoms with Gasteiger partial charge in [-0.2, -0.15) is 0 Å². The first-order valence-electron chi connectivity index (χ1n) is 9.31. The molecule has 4 heterocycles. The zero-order chi connectivity index (χ0) is 20.7. The highest BCUT2D eigenvalue weighted by atomic mass is 35.5. The van der Waals surface area contributed by atoms with Crippen LogP contribution in [0.2, 0.25) is 5.02 Å². The molecule has 0 aliphatic rings. The number of fused-ring (bicyclic) bond motifs is 2. The van der Waals surface area contributed by atoms with Gasteiger partial charge in [-0.15, -0.1) is 0 Å². The highest BCUT2D eigenvalue weighted by Crippen LogP contribution is 2.17. The van der Waals surface area contributed by atoms with E-state index in [1.54, 1.807) is 65.6 Å². The summed E-state index contributed by atoms with van der Waals surface area (Å²) in [6, 6.07) is 17.8. The predicted molar refractivity (Wildman–Crippen MR) is 117 cm³/mol. The van der Waals surface area contributed by atoms with Gasteiger partial charge >= 0.3 is 0 Å². The Morgan fingerprint density at radius 3 is 2.40 bits per heavy atom. The Hall–Kier alpha value is -3.77. The first-order valence-corrected chi connectivity index (χ1v) is 9.69. The summed E-state index contributed by atoms with van der Waals surface area (Å²) in [4.78, 5) is 35.0. The van der Waals surface area contributed by atoms with Crippen molar-refractivity contribution in [2.45, 2.75) is 6.54 Å². The second-order valence-electron chi connectivity index (χ2n) is 6.89. The summed E-state index contributed by atoms with van der Waals surface area (Å²) in [7, 11) is 0. The zero-order valence-corrected chi connectivity index (χ0v) is 16.5. The smallest absolute Gasteiger partial charge is 0.264 e. The van der Waals surface area contributed by atoms with Crippen molar-refractivity contribution in [2.75, 3.05) is 0 Å². The van der Waals surface area contributed by atoms with Crippen LogP contribution < -0.4 is 11.1 Å². The molecule has 0 N–H and O–H groups in total. The summed E-state index contributed by atoms with van der Waals surface area (Å²) in [5, 5.41) is 1.30. The lowest BCUT2D eigenvalue weighted by Crippen LogP contribution is -2.22.